The Hall–Kier alpha value is -2.98. The fourth-order valence-corrected chi connectivity index (χ4v) is 4.57. The van der Waals surface area contributed by atoms with Crippen molar-refractivity contribution >= 4 is 10.9 Å². The van der Waals surface area contributed by atoms with Gasteiger partial charge in [0.2, 0.25) is 5.95 Å². The Labute approximate surface area is 178 Å². The minimum atomic E-state index is 0.820. The lowest BCUT2D eigenvalue weighted by atomic mass is 9.99. The average molecular weight is 397 g/mol. The third-order valence-corrected chi connectivity index (χ3v) is 6.25. The Morgan fingerprint density at radius 2 is 1.73 bits per heavy atom. The number of nitrogens with zero attached hydrogens (tertiary/aromatic N) is 4. The van der Waals surface area contributed by atoms with E-state index in [1.807, 2.05) is 0 Å². The second-order valence-electron chi connectivity index (χ2n) is 8.18. The van der Waals surface area contributed by atoms with Gasteiger partial charge in [0, 0.05) is 36.2 Å². The van der Waals surface area contributed by atoms with Crippen molar-refractivity contribution in [3.05, 3.63) is 88.9 Å². The van der Waals surface area contributed by atoms with Gasteiger partial charge in [0.1, 0.15) is 0 Å². The minimum Gasteiger partial charge on any atom is -0.299 e. The molecule has 0 saturated carbocycles. The molecule has 5 rings (SSSR count). The summed E-state index contributed by atoms with van der Waals surface area (Å²) in [7, 11) is 0. The molecule has 0 aliphatic carbocycles. The molecule has 30 heavy (non-hydrogen) atoms. The van der Waals surface area contributed by atoms with E-state index >= 15 is 0 Å². The molecular weight excluding hydrogens is 368 g/mol. The van der Waals surface area contributed by atoms with Gasteiger partial charge >= 0.3 is 0 Å². The summed E-state index contributed by atoms with van der Waals surface area (Å²) in [6.45, 7) is 7.48. The molecule has 0 unspecified atom stereocenters. The number of aryl methyl sites for hydroxylation is 3. The maximum Gasteiger partial charge on any atom is 0.234 e. The van der Waals surface area contributed by atoms with Crippen molar-refractivity contribution in [2.75, 3.05) is 13.1 Å². The number of fused-ring (bicyclic) bond motifs is 2. The van der Waals surface area contributed by atoms with Gasteiger partial charge in [-0.1, -0.05) is 55.5 Å². The van der Waals surface area contributed by atoms with Gasteiger partial charge in [-0.3, -0.25) is 9.47 Å². The fraction of sp³-hybridized carbons (Fsp3) is 0.308. The van der Waals surface area contributed by atoms with Crippen LogP contribution in [0.1, 0.15) is 35.1 Å². The summed E-state index contributed by atoms with van der Waals surface area (Å²) in [6.07, 6.45) is 2.94. The zero-order valence-corrected chi connectivity index (χ0v) is 17.8. The number of hydrogen-bond acceptors (Lipinski definition) is 3. The van der Waals surface area contributed by atoms with Crippen LogP contribution in [0.4, 0.5) is 0 Å². The maximum absolute atomic E-state index is 5.15. The molecule has 4 nitrogen and oxygen atoms in total. The van der Waals surface area contributed by atoms with E-state index in [4.69, 9.17) is 9.97 Å². The first-order valence-electron chi connectivity index (χ1n) is 11.0. The highest BCUT2D eigenvalue weighted by atomic mass is 15.2. The van der Waals surface area contributed by atoms with Crippen LogP contribution in [0.5, 0.6) is 0 Å². The van der Waals surface area contributed by atoms with E-state index in [0.717, 1.165) is 44.8 Å². The Morgan fingerprint density at radius 1 is 0.933 bits per heavy atom. The molecule has 2 aromatic carbocycles. The number of para-hydroxylation sites is 1. The highest BCUT2D eigenvalue weighted by Crippen LogP contribution is 2.26. The maximum atomic E-state index is 5.15. The lowest BCUT2D eigenvalue weighted by molar-refractivity contribution is 0.263. The van der Waals surface area contributed by atoms with Gasteiger partial charge in [-0.15, -0.1) is 0 Å². The monoisotopic (exact) mass is 396 g/mol. The van der Waals surface area contributed by atoms with Crippen LogP contribution < -0.4 is 0 Å². The summed E-state index contributed by atoms with van der Waals surface area (Å²) in [5.74, 6) is 0.820. The van der Waals surface area contributed by atoms with E-state index in [0.29, 0.717) is 0 Å². The Morgan fingerprint density at radius 3 is 2.57 bits per heavy atom. The van der Waals surface area contributed by atoms with E-state index in [9.17, 15) is 0 Å². The van der Waals surface area contributed by atoms with Crippen LogP contribution in [0.3, 0.4) is 0 Å². The predicted octanol–water partition coefficient (Wildman–Crippen LogP) is 4.89. The first-order chi connectivity index (χ1) is 14.7. The van der Waals surface area contributed by atoms with E-state index in [-0.39, 0.29) is 0 Å². The molecule has 3 heterocycles. The van der Waals surface area contributed by atoms with E-state index in [1.165, 1.54) is 39.1 Å². The summed E-state index contributed by atoms with van der Waals surface area (Å²) >= 11 is 0. The molecule has 1 aliphatic rings. The van der Waals surface area contributed by atoms with Gasteiger partial charge in [-0.05, 0) is 44.0 Å². The first-order valence-corrected chi connectivity index (χ1v) is 11.0. The molecule has 0 radical (unpaired) electrons. The third-order valence-electron chi connectivity index (χ3n) is 6.25. The van der Waals surface area contributed by atoms with Crippen LogP contribution in [-0.2, 0) is 25.8 Å². The summed E-state index contributed by atoms with van der Waals surface area (Å²) in [5.41, 5.74) is 7.49. The van der Waals surface area contributed by atoms with E-state index < -0.39 is 0 Å². The molecular formula is C26H28N4. The normalized spacial score (nSPS) is 14.2. The number of hydrogen-bond donors (Lipinski definition) is 0. The molecule has 2 aromatic heterocycles. The zero-order valence-electron chi connectivity index (χ0n) is 17.8. The lowest BCUT2D eigenvalue weighted by Crippen LogP contribution is -2.32. The van der Waals surface area contributed by atoms with Crippen LogP contribution in [-0.4, -0.2) is 32.5 Å². The molecule has 0 atom stereocenters. The van der Waals surface area contributed by atoms with E-state index in [2.05, 4.69) is 84.0 Å². The molecule has 0 spiro atoms. The van der Waals surface area contributed by atoms with Gasteiger partial charge in [-0.2, -0.15) is 0 Å². The quantitative estimate of drug-likeness (QED) is 0.481. The SMILES string of the molecule is CCN1CCc2nc(-n3c(C)cc4ccccc43)nc(CCc3ccccc3)c2C1. The average Bonchev–Trinajstić information content (AvgIpc) is 3.13. The molecule has 4 heteroatoms. The Bertz CT molecular complexity index is 1180. The van der Waals surface area contributed by atoms with Crippen LogP contribution in [0.15, 0.2) is 60.7 Å². The van der Waals surface area contributed by atoms with E-state index in [1.54, 1.807) is 0 Å². The number of likely N-dealkylation sites (N-methyl/N-ethyl adjacent to an activating group) is 1. The minimum absolute atomic E-state index is 0.820. The van der Waals surface area contributed by atoms with Gasteiger partial charge < -0.3 is 0 Å². The highest BCUT2D eigenvalue weighted by molar-refractivity contribution is 5.82. The van der Waals surface area contributed by atoms with Crippen molar-refractivity contribution in [3.63, 3.8) is 0 Å². The van der Waals surface area contributed by atoms with Gasteiger partial charge in [0.05, 0.1) is 16.9 Å². The number of benzene rings is 2. The summed E-state index contributed by atoms with van der Waals surface area (Å²) in [5, 5.41) is 1.24. The molecule has 1 aliphatic heterocycles. The molecule has 0 fully saturated rings. The van der Waals surface area contributed by atoms with Crippen molar-refractivity contribution in [1.29, 1.82) is 0 Å². The molecule has 152 valence electrons. The summed E-state index contributed by atoms with van der Waals surface area (Å²) in [6, 6.07) is 21.4. The second kappa shape index (κ2) is 8.04. The zero-order chi connectivity index (χ0) is 20.5. The van der Waals surface area contributed by atoms with Gasteiger partial charge in [-0.25, -0.2) is 9.97 Å². The highest BCUT2D eigenvalue weighted by Gasteiger charge is 2.23. The predicted molar refractivity (Wildman–Crippen MR) is 122 cm³/mol. The van der Waals surface area contributed by atoms with Crippen molar-refractivity contribution in [3.8, 4) is 5.95 Å². The summed E-state index contributed by atoms with van der Waals surface area (Å²) < 4.78 is 2.22. The molecule has 0 amide bonds. The number of rotatable bonds is 5. The summed E-state index contributed by atoms with van der Waals surface area (Å²) in [4.78, 5) is 12.7. The standard InChI is InChI=1S/C26H28N4/c1-3-29-16-15-24-22(18-29)23(14-13-20-9-5-4-6-10-20)27-26(28-24)30-19(2)17-21-11-7-8-12-25(21)30/h4-12,17H,3,13-16,18H2,1-2H3. The van der Waals surface area contributed by atoms with Crippen molar-refractivity contribution < 1.29 is 0 Å². The van der Waals surface area contributed by atoms with Gasteiger partial charge in [0.25, 0.3) is 0 Å². The van der Waals surface area contributed by atoms with Crippen molar-refractivity contribution in [2.45, 2.75) is 39.7 Å². The number of aromatic nitrogens is 3. The molecule has 0 N–H and O–H groups in total. The van der Waals surface area contributed by atoms with Gasteiger partial charge in [0.15, 0.2) is 0 Å². The first kappa shape index (κ1) is 19.0. The van der Waals surface area contributed by atoms with Crippen LogP contribution >= 0.6 is 0 Å². The van der Waals surface area contributed by atoms with Crippen LogP contribution in [0.2, 0.25) is 0 Å². The smallest absolute Gasteiger partial charge is 0.234 e. The Kier molecular flexibility index (Phi) is 5.09. The Balaban J connectivity index is 1.60. The third kappa shape index (κ3) is 3.52. The van der Waals surface area contributed by atoms with Crippen LogP contribution in [0.25, 0.3) is 16.9 Å². The van der Waals surface area contributed by atoms with Crippen molar-refractivity contribution in [1.82, 2.24) is 19.4 Å². The van der Waals surface area contributed by atoms with Crippen molar-refractivity contribution in [2.24, 2.45) is 0 Å². The molecule has 0 bridgehead atoms. The topological polar surface area (TPSA) is 34.0 Å². The molecule has 0 saturated heterocycles. The largest absolute Gasteiger partial charge is 0.299 e. The lowest BCUT2D eigenvalue weighted by Gasteiger charge is -2.28. The second-order valence-corrected chi connectivity index (χ2v) is 8.18. The fourth-order valence-electron chi connectivity index (χ4n) is 4.57. The van der Waals surface area contributed by atoms with Crippen LogP contribution in [0, 0.1) is 6.92 Å². The molecule has 4 aromatic rings.